The molecule has 0 spiro atoms. The van der Waals surface area contributed by atoms with Crippen molar-refractivity contribution in [2.75, 3.05) is 13.2 Å². The van der Waals surface area contributed by atoms with Crippen LogP contribution in [0.15, 0.2) is 60.8 Å². The van der Waals surface area contributed by atoms with Gasteiger partial charge in [-0.1, -0.05) is 421 Å². The summed E-state index contributed by atoms with van der Waals surface area (Å²) in [5, 5.41) is 23.3. The number of nitrogens with one attached hydrogen (secondary N) is 1. The lowest BCUT2D eigenvalue weighted by Gasteiger charge is -2.20. The van der Waals surface area contributed by atoms with Crippen LogP contribution in [0.5, 0.6) is 0 Å². The summed E-state index contributed by atoms with van der Waals surface area (Å²) < 4.78 is 5.51. The van der Waals surface area contributed by atoms with Gasteiger partial charge in [0.25, 0.3) is 0 Å². The predicted octanol–water partition coefficient (Wildman–Crippen LogP) is 28.9. The second-order valence-corrected chi connectivity index (χ2v) is 29.5. The Labute approximate surface area is 594 Å². The molecule has 0 rings (SSSR count). The summed E-state index contributed by atoms with van der Waals surface area (Å²) in [7, 11) is 0. The molecule has 0 saturated carbocycles. The molecule has 0 fully saturated rings. The van der Waals surface area contributed by atoms with Gasteiger partial charge in [-0.05, 0) is 96.3 Å². The topological polar surface area (TPSA) is 95.9 Å². The number of amides is 1. The third kappa shape index (κ3) is 80.4. The molecule has 0 aliphatic rings. The first-order valence-corrected chi connectivity index (χ1v) is 43.1. The molecule has 0 aromatic carbocycles. The molecule has 6 heteroatoms. The molecule has 0 heterocycles. The Morgan fingerprint density at radius 2 is 0.526 bits per heavy atom. The van der Waals surface area contributed by atoms with Gasteiger partial charge in [-0.2, -0.15) is 0 Å². The van der Waals surface area contributed by atoms with Crippen LogP contribution in [-0.2, 0) is 14.3 Å². The lowest BCUT2D eigenvalue weighted by molar-refractivity contribution is -0.143. The van der Waals surface area contributed by atoms with Gasteiger partial charge in [0.2, 0.25) is 5.91 Å². The highest BCUT2D eigenvalue weighted by atomic mass is 16.5. The first kappa shape index (κ1) is 92.6. The molecule has 0 aromatic heterocycles. The van der Waals surface area contributed by atoms with E-state index in [-0.39, 0.29) is 18.5 Å². The number of rotatable bonds is 81. The Morgan fingerprint density at radius 1 is 0.295 bits per heavy atom. The maximum atomic E-state index is 12.6. The van der Waals surface area contributed by atoms with Crippen LogP contribution in [0, 0.1) is 0 Å². The molecule has 0 radical (unpaired) electrons. The van der Waals surface area contributed by atoms with E-state index >= 15 is 0 Å². The molecule has 3 N–H and O–H groups in total. The number of unbranched alkanes of at least 4 members (excludes halogenated alkanes) is 62. The normalized spacial score (nSPS) is 12.8. The van der Waals surface area contributed by atoms with Crippen molar-refractivity contribution >= 4 is 11.9 Å². The highest BCUT2D eigenvalue weighted by Gasteiger charge is 2.18. The average Bonchev–Trinajstić information content (AvgIpc) is 2.99. The Morgan fingerprint density at radius 3 is 0.811 bits per heavy atom. The summed E-state index contributed by atoms with van der Waals surface area (Å²) >= 11 is 0. The fraction of sp³-hybridized carbons (Fsp3) is 0.865. The molecule has 95 heavy (non-hydrogen) atoms. The van der Waals surface area contributed by atoms with Gasteiger partial charge >= 0.3 is 5.97 Å². The number of carbonyl (C=O) groups is 2. The predicted molar refractivity (Wildman–Crippen MR) is 421 cm³/mol. The van der Waals surface area contributed by atoms with E-state index in [1.54, 1.807) is 6.08 Å². The minimum absolute atomic E-state index is 0.0132. The van der Waals surface area contributed by atoms with Crippen molar-refractivity contribution < 1.29 is 24.5 Å². The number of aliphatic hydroxyl groups is 2. The first-order chi connectivity index (χ1) is 47.0. The van der Waals surface area contributed by atoms with Crippen LogP contribution in [0.4, 0.5) is 0 Å². The molecule has 0 aromatic rings. The minimum atomic E-state index is -0.844. The molecule has 0 saturated heterocycles. The zero-order chi connectivity index (χ0) is 68.4. The minimum Gasteiger partial charge on any atom is -0.466 e. The summed E-state index contributed by atoms with van der Waals surface area (Å²) in [6.07, 6.45) is 114. The van der Waals surface area contributed by atoms with Gasteiger partial charge in [0, 0.05) is 12.8 Å². The maximum absolute atomic E-state index is 12.6. The Balaban J connectivity index is 3.37. The van der Waals surface area contributed by atoms with Crippen LogP contribution < -0.4 is 5.32 Å². The van der Waals surface area contributed by atoms with E-state index in [4.69, 9.17) is 4.74 Å². The van der Waals surface area contributed by atoms with E-state index in [1.807, 2.05) is 6.08 Å². The van der Waals surface area contributed by atoms with Crippen molar-refractivity contribution in [3.8, 4) is 0 Å². The van der Waals surface area contributed by atoms with Crippen molar-refractivity contribution in [2.45, 2.75) is 482 Å². The van der Waals surface area contributed by atoms with Crippen molar-refractivity contribution in [3.05, 3.63) is 60.8 Å². The SMILES string of the molecule is CCCCCC/C=C\C/C=C\CCCCCCCCCC(=O)OCCCCCCCCCCCCCCCCC/C=C\C/C=C\CCCCCCCCCCCCCCCCCCCC(=O)NC(CO)C(O)/C=C/CCCCCCCCCCCCCCCCCCCCC. The summed E-state index contributed by atoms with van der Waals surface area (Å²) in [6, 6.07) is -0.628. The van der Waals surface area contributed by atoms with E-state index in [9.17, 15) is 19.8 Å². The highest BCUT2D eigenvalue weighted by Crippen LogP contribution is 2.20. The summed E-state index contributed by atoms with van der Waals surface area (Å²) in [4.78, 5) is 24.7. The van der Waals surface area contributed by atoms with E-state index < -0.39 is 12.1 Å². The van der Waals surface area contributed by atoms with Gasteiger partial charge in [-0.25, -0.2) is 0 Å². The van der Waals surface area contributed by atoms with Gasteiger partial charge in [0.15, 0.2) is 0 Å². The van der Waals surface area contributed by atoms with Gasteiger partial charge < -0.3 is 20.3 Å². The smallest absolute Gasteiger partial charge is 0.305 e. The Kier molecular flexibility index (Phi) is 81.8. The first-order valence-electron chi connectivity index (χ1n) is 43.1. The largest absolute Gasteiger partial charge is 0.466 e. The molecular formula is C89H167NO5. The van der Waals surface area contributed by atoms with Gasteiger partial charge in [0.05, 0.1) is 25.4 Å². The summed E-state index contributed by atoms with van der Waals surface area (Å²) in [5.74, 6) is -0.0474. The molecular weight excluding hydrogens is 1160 g/mol. The van der Waals surface area contributed by atoms with Crippen LogP contribution in [0.2, 0.25) is 0 Å². The third-order valence-electron chi connectivity index (χ3n) is 20.0. The van der Waals surface area contributed by atoms with Crippen molar-refractivity contribution in [1.82, 2.24) is 5.32 Å². The molecule has 2 unspecified atom stereocenters. The third-order valence-corrected chi connectivity index (χ3v) is 20.0. The maximum Gasteiger partial charge on any atom is 0.305 e. The van der Waals surface area contributed by atoms with E-state index in [0.29, 0.717) is 19.4 Å². The number of esters is 1. The zero-order valence-corrected chi connectivity index (χ0v) is 64.2. The van der Waals surface area contributed by atoms with Crippen LogP contribution in [0.3, 0.4) is 0 Å². The van der Waals surface area contributed by atoms with E-state index in [2.05, 4.69) is 67.8 Å². The molecule has 0 bridgehead atoms. The van der Waals surface area contributed by atoms with E-state index in [1.165, 1.54) is 385 Å². The van der Waals surface area contributed by atoms with E-state index in [0.717, 1.165) is 57.8 Å². The lowest BCUT2D eigenvalue weighted by Crippen LogP contribution is -2.45. The van der Waals surface area contributed by atoms with Gasteiger partial charge in [-0.15, -0.1) is 0 Å². The van der Waals surface area contributed by atoms with Crippen molar-refractivity contribution in [1.29, 1.82) is 0 Å². The summed E-state index contributed by atoms with van der Waals surface area (Å²) in [6.45, 7) is 4.93. The van der Waals surface area contributed by atoms with Crippen molar-refractivity contribution in [3.63, 3.8) is 0 Å². The molecule has 0 aliphatic carbocycles. The second-order valence-electron chi connectivity index (χ2n) is 29.5. The Hall–Kier alpha value is -2.44. The highest BCUT2D eigenvalue weighted by molar-refractivity contribution is 5.76. The Bertz CT molecular complexity index is 1630. The number of carbonyl (C=O) groups excluding carboxylic acids is 2. The van der Waals surface area contributed by atoms with Crippen molar-refractivity contribution in [2.24, 2.45) is 0 Å². The van der Waals surface area contributed by atoms with Crippen LogP contribution in [-0.4, -0.2) is 47.4 Å². The zero-order valence-electron chi connectivity index (χ0n) is 64.2. The number of ether oxygens (including phenoxy) is 1. The number of allylic oxidation sites excluding steroid dienone is 9. The molecule has 558 valence electrons. The van der Waals surface area contributed by atoms with Gasteiger partial charge in [0.1, 0.15) is 0 Å². The molecule has 6 nitrogen and oxygen atoms in total. The van der Waals surface area contributed by atoms with Crippen LogP contribution in [0.1, 0.15) is 470 Å². The van der Waals surface area contributed by atoms with Crippen LogP contribution in [0.25, 0.3) is 0 Å². The summed E-state index contributed by atoms with van der Waals surface area (Å²) in [5.41, 5.74) is 0. The molecule has 0 aliphatic heterocycles. The number of hydrogen-bond acceptors (Lipinski definition) is 5. The number of aliphatic hydroxyl groups excluding tert-OH is 2. The van der Waals surface area contributed by atoms with Crippen LogP contribution >= 0.6 is 0 Å². The fourth-order valence-electron chi connectivity index (χ4n) is 13.5. The quantitative estimate of drug-likeness (QED) is 0.0320. The monoisotopic (exact) mass is 1330 g/mol. The molecule has 1 amide bonds. The number of hydrogen-bond donors (Lipinski definition) is 3. The fourth-order valence-corrected chi connectivity index (χ4v) is 13.5. The average molecular weight is 1330 g/mol. The standard InChI is InChI=1S/C89H167NO5/c1-3-5-7-9-11-13-15-17-19-21-23-43-46-49-53-57-61-65-69-73-77-81-87(92)86(85-91)90-88(93)82-78-74-70-66-62-58-54-50-47-44-41-39-37-35-33-31-29-27-25-24-26-28-30-32-34-36-38-40-42-45-48-52-56-60-64-68-72-76-80-84-95-89(94)83-79-75-71-67-63-59-55-51-22-20-18-16-14-12-10-8-6-4-2/h14,16,20,22,24-25,28,30,77,81,86-87,91-92H,3-13,15,17-19,21,23,26-27,29,31-76,78-80,82-85H2,1-2H3,(H,90,93)/b16-14-,22-20-,25-24-,30-28-,81-77+. The second kappa shape index (κ2) is 84.0. The lowest BCUT2D eigenvalue weighted by atomic mass is 10.0. The molecule has 2 atom stereocenters. The van der Waals surface area contributed by atoms with Gasteiger partial charge in [-0.3, -0.25) is 9.59 Å².